The molecule has 3 rings (SSSR count). The molecule has 3 heterocycles. The van der Waals surface area contributed by atoms with Gasteiger partial charge in [0, 0.05) is 12.1 Å². The first-order valence-corrected chi connectivity index (χ1v) is 4.95. The lowest BCUT2D eigenvalue weighted by molar-refractivity contribution is -0.0201. The highest BCUT2D eigenvalue weighted by molar-refractivity contribution is 5.06. The molecule has 3 nitrogen and oxygen atoms in total. The summed E-state index contributed by atoms with van der Waals surface area (Å²) < 4.78 is 5.48. The van der Waals surface area contributed by atoms with Gasteiger partial charge in [-0.3, -0.25) is 4.90 Å². The largest absolute Gasteiger partial charge is 0.372 e. The molecule has 2 bridgehead atoms. The Morgan fingerprint density at radius 3 is 2.85 bits per heavy atom. The van der Waals surface area contributed by atoms with Crippen molar-refractivity contribution >= 4 is 0 Å². The zero-order chi connectivity index (χ0) is 9.42. The molecule has 72 valence electrons. The van der Waals surface area contributed by atoms with Crippen molar-refractivity contribution in [2.45, 2.75) is 44.4 Å². The Bertz CT molecular complexity index is 234. The number of hydrogen-bond donors (Lipinski definition) is 0. The van der Waals surface area contributed by atoms with Gasteiger partial charge >= 0.3 is 0 Å². The van der Waals surface area contributed by atoms with Crippen LogP contribution in [0, 0.1) is 6.57 Å². The lowest BCUT2D eigenvalue weighted by Gasteiger charge is -2.48. The van der Waals surface area contributed by atoms with E-state index in [1.165, 1.54) is 0 Å². The number of ether oxygens (including phenoxy) is 1. The van der Waals surface area contributed by atoms with Crippen molar-refractivity contribution in [1.29, 1.82) is 0 Å². The molecule has 3 aliphatic heterocycles. The van der Waals surface area contributed by atoms with E-state index < -0.39 is 0 Å². The summed E-state index contributed by atoms with van der Waals surface area (Å²) in [4.78, 5) is 6.08. The predicted molar refractivity (Wildman–Crippen MR) is 50.4 cm³/mol. The lowest BCUT2D eigenvalue weighted by Crippen LogP contribution is -2.62. The van der Waals surface area contributed by atoms with E-state index in [2.05, 4.69) is 23.6 Å². The van der Waals surface area contributed by atoms with E-state index in [4.69, 9.17) is 11.3 Å². The zero-order valence-corrected chi connectivity index (χ0v) is 8.23. The van der Waals surface area contributed by atoms with Crippen LogP contribution in [0.4, 0.5) is 0 Å². The van der Waals surface area contributed by atoms with Gasteiger partial charge in [-0.2, -0.15) is 0 Å². The topological polar surface area (TPSA) is 16.8 Å². The highest BCUT2D eigenvalue weighted by Crippen LogP contribution is 2.34. The van der Waals surface area contributed by atoms with Crippen molar-refractivity contribution in [2.75, 3.05) is 13.2 Å². The van der Waals surface area contributed by atoms with Crippen LogP contribution in [0.1, 0.15) is 20.3 Å². The van der Waals surface area contributed by atoms with E-state index in [1.54, 1.807) is 0 Å². The summed E-state index contributed by atoms with van der Waals surface area (Å²) in [5.41, 5.74) is 0. The minimum absolute atomic E-state index is 0.0705. The molecule has 0 radical (unpaired) electrons. The molecule has 0 N–H and O–H groups in total. The Balaban J connectivity index is 2.11. The second-order valence-electron chi connectivity index (χ2n) is 4.23. The van der Waals surface area contributed by atoms with Crippen molar-refractivity contribution in [2.24, 2.45) is 0 Å². The Morgan fingerprint density at radius 1 is 1.46 bits per heavy atom. The van der Waals surface area contributed by atoms with Crippen LogP contribution in [0.2, 0.25) is 0 Å². The molecule has 0 unspecified atom stereocenters. The number of fused-ring (bicyclic) bond motifs is 3. The third-order valence-corrected chi connectivity index (χ3v) is 3.12. The van der Waals surface area contributed by atoms with E-state index in [0.717, 1.165) is 13.0 Å². The van der Waals surface area contributed by atoms with Crippen molar-refractivity contribution in [3.8, 4) is 0 Å². The van der Waals surface area contributed by atoms with Gasteiger partial charge in [0.1, 0.15) is 6.61 Å². The first-order valence-electron chi connectivity index (χ1n) is 4.95. The van der Waals surface area contributed by atoms with Gasteiger partial charge in [0.2, 0.25) is 0 Å². The molecule has 0 saturated carbocycles. The standard InChI is InChI=1S/C10H16N2O/c1-7(2)12-8-4-10(12)9(11-3)6-13-5-8/h7-10H,4-6H2,1-2H3/t8-,9+,10+/m1/s1. The van der Waals surface area contributed by atoms with Crippen LogP contribution in [0.5, 0.6) is 0 Å². The number of nitrogens with zero attached hydrogens (tertiary/aromatic N) is 2. The van der Waals surface area contributed by atoms with Gasteiger partial charge < -0.3 is 9.58 Å². The highest BCUT2D eigenvalue weighted by atomic mass is 16.5. The van der Waals surface area contributed by atoms with Gasteiger partial charge in [-0.15, -0.1) is 0 Å². The second kappa shape index (κ2) is 3.28. The average Bonchev–Trinajstić information content (AvgIpc) is 2.31. The van der Waals surface area contributed by atoms with Crippen LogP contribution < -0.4 is 0 Å². The lowest BCUT2D eigenvalue weighted by atomic mass is 9.87. The Kier molecular flexibility index (Phi) is 2.27. The summed E-state index contributed by atoms with van der Waals surface area (Å²) in [5.74, 6) is 0. The minimum Gasteiger partial charge on any atom is -0.372 e. The summed E-state index contributed by atoms with van der Waals surface area (Å²) >= 11 is 0. The maximum Gasteiger partial charge on any atom is 0.261 e. The maximum atomic E-state index is 7.10. The first-order chi connectivity index (χ1) is 6.24. The van der Waals surface area contributed by atoms with Gasteiger partial charge in [0.15, 0.2) is 0 Å². The zero-order valence-electron chi connectivity index (χ0n) is 8.23. The van der Waals surface area contributed by atoms with Crippen molar-refractivity contribution in [1.82, 2.24) is 4.90 Å². The molecule has 3 heteroatoms. The Labute approximate surface area is 79.5 Å². The van der Waals surface area contributed by atoms with E-state index in [9.17, 15) is 0 Å². The van der Waals surface area contributed by atoms with E-state index in [-0.39, 0.29) is 6.04 Å². The fourth-order valence-corrected chi connectivity index (χ4v) is 2.53. The maximum absolute atomic E-state index is 7.10. The van der Waals surface area contributed by atoms with Crippen LogP contribution in [0.15, 0.2) is 0 Å². The molecular weight excluding hydrogens is 164 g/mol. The minimum atomic E-state index is 0.0705. The highest BCUT2D eigenvalue weighted by Gasteiger charge is 2.49. The number of hydrogen-bond acceptors (Lipinski definition) is 2. The fourth-order valence-electron chi connectivity index (χ4n) is 2.53. The van der Waals surface area contributed by atoms with Gasteiger partial charge in [-0.1, -0.05) is 0 Å². The van der Waals surface area contributed by atoms with E-state index in [1.807, 2.05) is 0 Å². The molecule has 3 saturated heterocycles. The van der Waals surface area contributed by atoms with Crippen LogP contribution in [0.3, 0.4) is 0 Å². The molecule has 0 aromatic rings. The van der Waals surface area contributed by atoms with Gasteiger partial charge in [-0.05, 0) is 20.3 Å². The van der Waals surface area contributed by atoms with Crippen LogP contribution in [-0.2, 0) is 4.74 Å². The van der Waals surface area contributed by atoms with Crippen molar-refractivity contribution in [3.05, 3.63) is 11.4 Å². The van der Waals surface area contributed by atoms with Crippen molar-refractivity contribution in [3.63, 3.8) is 0 Å². The second-order valence-corrected chi connectivity index (χ2v) is 4.23. The molecule has 0 amide bonds. The van der Waals surface area contributed by atoms with Crippen LogP contribution in [-0.4, -0.2) is 42.3 Å². The summed E-state index contributed by atoms with van der Waals surface area (Å²) in [5, 5.41) is 0. The van der Waals surface area contributed by atoms with Crippen molar-refractivity contribution < 1.29 is 4.74 Å². The summed E-state index contributed by atoms with van der Waals surface area (Å²) in [6.45, 7) is 13.0. The molecule has 3 atom stereocenters. The normalized spacial score (nSPS) is 39.4. The quantitative estimate of drug-likeness (QED) is 0.563. The number of rotatable bonds is 1. The van der Waals surface area contributed by atoms with E-state index >= 15 is 0 Å². The van der Waals surface area contributed by atoms with Gasteiger partial charge in [0.25, 0.3) is 6.04 Å². The Hall–Kier alpha value is -0.590. The van der Waals surface area contributed by atoms with Gasteiger partial charge in [-0.25, -0.2) is 6.57 Å². The molecule has 3 aliphatic rings. The molecular formula is C10H16N2O. The SMILES string of the molecule is [C-]#[N+][C@H]1COC[C@H]2C[C@@H]1N2C(C)C. The monoisotopic (exact) mass is 180 g/mol. The molecule has 0 aromatic carbocycles. The smallest absolute Gasteiger partial charge is 0.261 e. The molecule has 3 fully saturated rings. The van der Waals surface area contributed by atoms with Crippen LogP contribution >= 0.6 is 0 Å². The molecule has 13 heavy (non-hydrogen) atoms. The first kappa shape index (κ1) is 8.98. The predicted octanol–water partition coefficient (Wildman–Crippen LogP) is 1.16. The molecule has 0 aromatic heterocycles. The summed E-state index contributed by atoms with van der Waals surface area (Å²) in [7, 11) is 0. The third kappa shape index (κ3) is 1.34. The summed E-state index contributed by atoms with van der Waals surface area (Å²) in [6.07, 6.45) is 1.16. The fraction of sp³-hybridized carbons (Fsp3) is 0.900. The average molecular weight is 180 g/mol. The Morgan fingerprint density at radius 2 is 2.23 bits per heavy atom. The van der Waals surface area contributed by atoms with Gasteiger partial charge in [0.05, 0.1) is 12.6 Å². The summed E-state index contributed by atoms with van der Waals surface area (Å²) in [6, 6.07) is 1.66. The molecule has 0 aliphatic carbocycles. The third-order valence-electron chi connectivity index (χ3n) is 3.12. The van der Waals surface area contributed by atoms with Crippen LogP contribution in [0.25, 0.3) is 4.85 Å². The van der Waals surface area contributed by atoms with E-state index in [0.29, 0.717) is 24.7 Å². The molecule has 0 spiro atoms.